The molecule has 0 fully saturated rings. The van der Waals surface area contributed by atoms with Gasteiger partial charge in [0.1, 0.15) is 0 Å². The van der Waals surface area contributed by atoms with Gasteiger partial charge in [0.25, 0.3) is 0 Å². The Morgan fingerprint density at radius 2 is 2.21 bits per heavy atom. The Labute approximate surface area is 110 Å². The van der Waals surface area contributed by atoms with Crippen molar-refractivity contribution < 1.29 is 4.79 Å². The summed E-state index contributed by atoms with van der Waals surface area (Å²) in [4.78, 5) is 11.6. The van der Waals surface area contributed by atoms with Crippen LogP contribution in [0.25, 0.3) is 11.3 Å². The summed E-state index contributed by atoms with van der Waals surface area (Å²) in [7, 11) is 0. The third-order valence-corrected chi connectivity index (χ3v) is 3.41. The first kappa shape index (κ1) is 11.8. The van der Waals surface area contributed by atoms with Gasteiger partial charge in [-0.05, 0) is 36.2 Å². The van der Waals surface area contributed by atoms with Gasteiger partial charge in [-0.25, -0.2) is 0 Å². The van der Waals surface area contributed by atoms with Gasteiger partial charge in [-0.2, -0.15) is 10.2 Å². The van der Waals surface area contributed by atoms with E-state index in [1.807, 2.05) is 31.2 Å². The molecule has 96 valence electrons. The Balaban J connectivity index is 2.05. The fourth-order valence-corrected chi connectivity index (χ4v) is 2.24. The molecule has 1 aromatic heterocycles. The Morgan fingerprint density at radius 1 is 1.37 bits per heavy atom. The van der Waals surface area contributed by atoms with Crippen molar-refractivity contribution in [3.63, 3.8) is 0 Å². The standard InChI is InChI=1S/C14H14N4O/c1-8-11-5-10(2-3-12(11)17-14(8)19)13-4-9(6-15)7-16-18-13/h2-5,7-8H,6,15H2,1H3,(H,17,19). The van der Waals surface area contributed by atoms with E-state index in [2.05, 4.69) is 15.5 Å². The average Bonchev–Trinajstić information content (AvgIpc) is 2.74. The molecule has 0 aliphatic carbocycles. The van der Waals surface area contributed by atoms with Crippen LogP contribution in [0.15, 0.2) is 30.5 Å². The number of nitrogens with two attached hydrogens (primary N) is 1. The van der Waals surface area contributed by atoms with E-state index in [0.717, 1.165) is 28.1 Å². The number of fused-ring (bicyclic) bond motifs is 1. The lowest BCUT2D eigenvalue weighted by atomic mass is 9.99. The molecule has 1 atom stereocenters. The smallest absolute Gasteiger partial charge is 0.231 e. The van der Waals surface area contributed by atoms with Gasteiger partial charge in [0, 0.05) is 17.8 Å². The van der Waals surface area contributed by atoms with Crippen LogP contribution in [-0.2, 0) is 11.3 Å². The van der Waals surface area contributed by atoms with Crippen LogP contribution in [0.2, 0.25) is 0 Å². The molecule has 1 aliphatic rings. The van der Waals surface area contributed by atoms with E-state index in [1.165, 1.54) is 0 Å². The predicted molar refractivity (Wildman–Crippen MR) is 72.4 cm³/mol. The highest BCUT2D eigenvalue weighted by Gasteiger charge is 2.26. The van der Waals surface area contributed by atoms with Crippen LogP contribution < -0.4 is 11.1 Å². The van der Waals surface area contributed by atoms with Gasteiger partial charge in [-0.3, -0.25) is 4.79 Å². The quantitative estimate of drug-likeness (QED) is 0.854. The van der Waals surface area contributed by atoms with Crippen LogP contribution in [0.4, 0.5) is 5.69 Å². The molecular formula is C14H14N4O. The molecule has 2 heterocycles. The van der Waals surface area contributed by atoms with Crippen LogP contribution in [0, 0.1) is 0 Å². The molecule has 0 spiro atoms. The van der Waals surface area contributed by atoms with Gasteiger partial charge in [-0.15, -0.1) is 0 Å². The molecular weight excluding hydrogens is 240 g/mol. The normalized spacial score (nSPS) is 17.2. The number of benzene rings is 1. The molecule has 3 N–H and O–H groups in total. The van der Waals surface area contributed by atoms with Crippen LogP contribution in [0.3, 0.4) is 0 Å². The zero-order chi connectivity index (χ0) is 13.4. The maximum Gasteiger partial charge on any atom is 0.231 e. The van der Waals surface area contributed by atoms with Crippen molar-refractivity contribution in [3.8, 4) is 11.3 Å². The molecule has 1 amide bonds. The second kappa shape index (κ2) is 4.44. The number of hydrogen-bond acceptors (Lipinski definition) is 4. The average molecular weight is 254 g/mol. The first-order valence-electron chi connectivity index (χ1n) is 6.16. The number of carbonyl (C=O) groups excluding carboxylic acids is 1. The molecule has 5 heteroatoms. The summed E-state index contributed by atoms with van der Waals surface area (Å²) in [6, 6.07) is 7.75. The van der Waals surface area contributed by atoms with E-state index in [4.69, 9.17) is 5.73 Å². The van der Waals surface area contributed by atoms with Crippen molar-refractivity contribution in [1.29, 1.82) is 0 Å². The number of hydrogen-bond donors (Lipinski definition) is 2. The van der Waals surface area contributed by atoms with Gasteiger partial charge >= 0.3 is 0 Å². The van der Waals surface area contributed by atoms with Crippen LogP contribution >= 0.6 is 0 Å². The second-order valence-corrected chi connectivity index (χ2v) is 4.67. The molecule has 0 bridgehead atoms. The highest BCUT2D eigenvalue weighted by molar-refractivity contribution is 6.03. The minimum absolute atomic E-state index is 0.0361. The van der Waals surface area contributed by atoms with E-state index >= 15 is 0 Å². The lowest BCUT2D eigenvalue weighted by Gasteiger charge is -2.06. The van der Waals surface area contributed by atoms with Crippen LogP contribution in [0.1, 0.15) is 24.0 Å². The summed E-state index contributed by atoms with van der Waals surface area (Å²) in [6.07, 6.45) is 1.66. The first-order valence-corrected chi connectivity index (χ1v) is 6.16. The number of nitrogens with one attached hydrogen (secondary N) is 1. The van der Waals surface area contributed by atoms with Crippen molar-refractivity contribution in [2.45, 2.75) is 19.4 Å². The highest BCUT2D eigenvalue weighted by atomic mass is 16.2. The summed E-state index contributed by atoms with van der Waals surface area (Å²) in [5, 5.41) is 10.9. The molecule has 0 radical (unpaired) electrons. The van der Waals surface area contributed by atoms with Crippen molar-refractivity contribution in [2.75, 3.05) is 5.32 Å². The second-order valence-electron chi connectivity index (χ2n) is 4.67. The zero-order valence-corrected chi connectivity index (χ0v) is 10.6. The lowest BCUT2D eigenvalue weighted by molar-refractivity contribution is -0.116. The Bertz CT molecular complexity index is 654. The van der Waals surface area contributed by atoms with Gasteiger partial charge in [0.2, 0.25) is 5.91 Å². The van der Waals surface area contributed by atoms with E-state index in [-0.39, 0.29) is 11.8 Å². The van der Waals surface area contributed by atoms with Gasteiger partial charge in [0.05, 0.1) is 17.8 Å². The molecule has 3 rings (SSSR count). The number of rotatable bonds is 2. The van der Waals surface area contributed by atoms with Crippen molar-refractivity contribution in [2.24, 2.45) is 5.73 Å². The maximum atomic E-state index is 11.6. The lowest BCUT2D eigenvalue weighted by Crippen LogP contribution is -2.08. The van der Waals surface area contributed by atoms with Crippen LogP contribution in [0.5, 0.6) is 0 Å². The third kappa shape index (κ3) is 1.98. The number of anilines is 1. The molecule has 0 saturated heterocycles. The van der Waals surface area contributed by atoms with E-state index in [1.54, 1.807) is 6.20 Å². The minimum atomic E-state index is -0.124. The first-order chi connectivity index (χ1) is 9.19. The van der Waals surface area contributed by atoms with E-state index < -0.39 is 0 Å². The zero-order valence-electron chi connectivity index (χ0n) is 10.6. The highest BCUT2D eigenvalue weighted by Crippen LogP contribution is 2.34. The molecule has 1 aromatic carbocycles. The van der Waals surface area contributed by atoms with Crippen molar-refractivity contribution in [1.82, 2.24) is 10.2 Å². The maximum absolute atomic E-state index is 11.6. The Morgan fingerprint density at radius 3 is 3.00 bits per heavy atom. The van der Waals surface area contributed by atoms with Gasteiger partial charge < -0.3 is 11.1 Å². The minimum Gasteiger partial charge on any atom is -0.326 e. The topological polar surface area (TPSA) is 80.9 Å². The molecule has 1 aliphatic heterocycles. The number of amides is 1. The Hall–Kier alpha value is -2.27. The van der Waals surface area contributed by atoms with E-state index in [9.17, 15) is 4.79 Å². The van der Waals surface area contributed by atoms with Gasteiger partial charge in [0.15, 0.2) is 0 Å². The largest absolute Gasteiger partial charge is 0.326 e. The fraction of sp³-hybridized carbons (Fsp3) is 0.214. The molecule has 0 saturated carbocycles. The monoisotopic (exact) mass is 254 g/mol. The summed E-state index contributed by atoms with van der Waals surface area (Å²) >= 11 is 0. The van der Waals surface area contributed by atoms with Crippen molar-refractivity contribution >= 4 is 11.6 Å². The molecule has 2 aromatic rings. The van der Waals surface area contributed by atoms with Crippen molar-refractivity contribution in [3.05, 3.63) is 41.6 Å². The van der Waals surface area contributed by atoms with E-state index in [0.29, 0.717) is 6.54 Å². The molecule has 5 nitrogen and oxygen atoms in total. The molecule has 19 heavy (non-hydrogen) atoms. The number of nitrogens with zero attached hydrogens (tertiary/aromatic N) is 2. The number of carbonyl (C=O) groups is 1. The van der Waals surface area contributed by atoms with Crippen LogP contribution in [-0.4, -0.2) is 16.1 Å². The SMILES string of the molecule is CC1C(=O)Nc2ccc(-c3cc(CN)cnn3)cc21. The number of aromatic nitrogens is 2. The summed E-state index contributed by atoms with van der Waals surface area (Å²) < 4.78 is 0. The summed E-state index contributed by atoms with van der Waals surface area (Å²) in [5.74, 6) is -0.0884. The fourth-order valence-electron chi connectivity index (χ4n) is 2.24. The summed E-state index contributed by atoms with van der Waals surface area (Å²) in [5.41, 5.74) is 10.1. The Kier molecular flexibility index (Phi) is 2.76. The predicted octanol–water partition coefficient (Wildman–Crippen LogP) is 1.66. The summed E-state index contributed by atoms with van der Waals surface area (Å²) in [6.45, 7) is 2.33. The molecule has 1 unspecified atom stereocenters. The third-order valence-electron chi connectivity index (χ3n) is 3.41. The van der Waals surface area contributed by atoms with Gasteiger partial charge in [-0.1, -0.05) is 6.07 Å².